The molecule has 0 aliphatic carbocycles. The van der Waals surface area contributed by atoms with E-state index < -0.39 is 0 Å². The van der Waals surface area contributed by atoms with Gasteiger partial charge in [-0.05, 0) is 45.8 Å². The molecule has 0 radical (unpaired) electrons. The van der Waals surface area contributed by atoms with E-state index in [1.54, 1.807) is 0 Å². The molecule has 25 heavy (non-hydrogen) atoms. The topological polar surface area (TPSA) is 81.1 Å². The van der Waals surface area contributed by atoms with Crippen molar-refractivity contribution in [1.29, 1.82) is 0 Å². The number of carbonyl (C=O) groups is 1. The van der Waals surface area contributed by atoms with Gasteiger partial charge in [-0.3, -0.25) is 4.79 Å². The minimum atomic E-state index is -0.205. The van der Waals surface area contributed by atoms with Crippen molar-refractivity contribution >= 4 is 5.91 Å². The van der Waals surface area contributed by atoms with Gasteiger partial charge < -0.3 is 15.4 Å². The molecule has 1 aliphatic rings. The van der Waals surface area contributed by atoms with Gasteiger partial charge in [0.1, 0.15) is 5.75 Å². The third-order valence-corrected chi connectivity index (χ3v) is 4.51. The van der Waals surface area contributed by atoms with Gasteiger partial charge in [0.15, 0.2) is 5.69 Å². The van der Waals surface area contributed by atoms with Crippen LogP contribution in [0, 0.1) is 6.92 Å². The Hall–Kier alpha value is -2.41. The highest BCUT2D eigenvalue weighted by atomic mass is 16.5. The summed E-state index contributed by atoms with van der Waals surface area (Å²) >= 11 is 0. The predicted molar refractivity (Wildman–Crippen MR) is 94.7 cm³/mol. The highest BCUT2D eigenvalue weighted by molar-refractivity contribution is 5.93. The summed E-state index contributed by atoms with van der Waals surface area (Å²) in [4.78, 5) is 12.5. The molecule has 1 aliphatic heterocycles. The second-order valence-electron chi connectivity index (χ2n) is 6.17. The van der Waals surface area contributed by atoms with Crippen molar-refractivity contribution in [2.75, 3.05) is 19.7 Å². The normalized spacial score (nSPS) is 15.1. The maximum Gasteiger partial charge on any atom is 0.274 e. The van der Waals surface area contributed by atoms with E-state index in [1.807, 2.05) is 42.8 Å². The van der Waals surface area contributed by atoms with Crippen LogP contribution in [0.3, 0.4) is 0 Å². The number of hydrogen-bond acceptors (Lipinski definition) is 5. The molecule has 2 N–H and O–H groups in total. The molecular formula is C18H25N5O2. The summed E-state index contributed by atoms with van der Waals surface area (Å²) in [6.45, 7) is 6.78. The highest BCUT2D eigenvalue weighted by Gasteiger charge is 2.22. The molecule has 1 aromatic carbocycles. The summed E-state index contributed by atoms with van der Waals surface area (Å²) in [5.74, 6) is 0.587. The van der Waals surface area contributed by atoms with Crippen LogP contribution in [0.2, 0.25) is 0 Å². The number of aromatic nitrogens is 3. The quantitative estimate of drug-likeness (QED) is 0.836. The van der Waals surface area contributed by atoms with E-state index in [9.17, 15) is 4.79 Å². The van der Waals surface area contributed by atoms with Crippen LogP contribution < -0.4 is 15.4 Å². The molecule has 1 fully saturated rings. The summed E-state index contributed by atoms with van der Waals surface area (Å²) < 4.78 is 7.49. The lowest BCUT2D eigenvalue weighted by Crippen LogP contribution is -2.30. The fourth-order valence-corrected chi connectivity index (χ4v) is 3.15. The molecule has 1 amide bonds. The Kier molecular flexibility index (Phi) is 5.65. The first kappa shape index (κ1) is 17.4. The van der Waals surface area contributed by atoms with Gasteiger partial charge in [-0.25, -0.2) is 4.68 Å². The minimum Gasteiger partial charge on any atom is -0.494 e. The van der Waals surface area contributed by atoms with E-state index in [4.69, 9.17) is 4.74 Å². The first-order chi connectivity index (χ1) is 12.2. The summed E-state index contributed by atoms with van der Waals surface area (Å²) in [7, 11) is 0. The number of rotatable bonds is 6. The zero-order valence-corrected chi connectivity index (χ0v) is 14.8. The zero-order chi connectivity index (χ0) is 17.6. The molecule has 0 unspecified atom stereocenters. The van der Waals surface area contributed by atoms with Gasteiger partial charge in [0.05, 0.1) is 18.3 Å². The Bertz CT molecular complexity index is 722. The molecule has 0 saturated carbocycles. The summed E-state index contributed by atoms with van der Waals surface area (Å²) in [6.07, 6.45) is 2.01. The van der Waals surface area contributed by atoms with Crippen LogP contribution >= 0.6 is 0 Å². The van der Waals surface area contributed by atoms with Crippen LogP contribution in [0.1, 0.15) is 47.6 Å². The largest absolute Gasteiger partial charge is 0.494 e. The summed E-state index contributed by atoms with van der Waals surface area (Å²) in [6, 6.07) is 8.02. The number of hydrogen-bond donors (Lipinski definition) is 2. The van der Waals surface area contributed by atoms with E-state index in [0.717, 1.165) is 42.9 Å². The number of amides is 1. The van der Waals surface area contributed by atoms with Crippen LogP contribution in [0.25, 0.3) is 0 Å². The van der Waals surface area contributed by atoms with E-state index in [0.29, 0.717) is 24.9 Å². The number of benzene rings is 1. The Balaban J connectivity index is 1.67. The molecule has 0 bridgehead atoms. The third-order valence-electron chi connectivity index (χ3n) is 4.51. The number of ether oxygens (including phenoxy) is 1. The van der Waals surface area contributed by atoms with Gasteiger partial charge in [0.2, 0.25) is 0 Å². The van der Waals surface area contributed by atoms with Crippen LogP contribution in [-0.4, -0.2) is 40.6 Å². The van der Waals surface area contributed by atoms with Crippen molar-refractivity contribution < 1.29 is 9.53 Å². The summed E-state index contributed by atoms with van der Waals surface area (Å²) in [5, 5.41) is 14.6. The molecule has 0 spiro atoms. The van der Waals surface area contributed by atoms with Crippen LogP contribution in [-0.2, 0) is 6.54 Å². The molecule has 3 rings (SSSR count). The third kappa shape index (κ3) is 3.99. The van der Waals surface area contributed by atoms with E-state index in [2.05, 4.69) is 20.9 Å². The molecule has 134 valence electrons. The van der Waals surface area contributed by atoms with Crippen molar-refractivity contribution in [1.82, 2.24) is 25.6 Å². The first-order valence-corrected chi connectivity index (χ1v) is 8.82. The zero-order valence-electron chi connectivity index (χ0n) is 14.8. The Morgan fingerprint density at radius 1 is 1.36 bits per heavy atom. The van der Waals surface area contributed by atoms with E-state index in [1.165, 1.54) is 0 Å². The summed E-state index contributed by atoms with van der Waals surface area (Å²) in [5.41, 5.74) is 2.16. The van der Waals surface area contributed by atoms with Gasteiger partial charge in [0.25, 0.3) is 5.91 Å². The fourth-order valence-electron chi connectivity index (χ4n) is 3.15. The van der Waals surface area contributed by atoms with Crippen LogP contribution in [0.4, 0.5) is 0 Å². The molecular weight excluding hydrogens is 318 g/mol. The molecule has 1 aromatic heterocycles. The van der Waals surface area contributed by atoms with Gasteiger partial charge in [-0.1, -0.05) is 23.4 Å². The molecule has 0 atom stereocenters. The smallest absolute Gasteiger partial charge is 0.274 e. The highest BCUT2D eigenvalue weighted by Crippen LogP contribution is 2.21. The Morgan fingerprint density at radius 2 is 2.12 bits per heavy atom. The Labute approximate surface area is 147 Å². The lowest BCUT2D eigenvalue weighted by Gasteiger charge is -2.23. The molecule has 7 heteroatoms. The van der Waals surface area contributed by atoms with Crippen LogP contribution in [0.5, 0.6) is 5.75 Å². The van der Waals surface area contributed by atoms with Crippen molar-refractivity contribution in [3.8, 4) is 5.75 Å². The van der Waals surface area contributed by atoms with Gasteiger partial charge in [-0.15, -0.1) is 5.10 Å². The monoisotopic (exact) mass is 343 g/mol. The number of nitrogens with zero attached hydrogens (tertiary/aromatic N) is 3. The van der Waals surface area contributed by atoms with Crippen molar-refractivity contribution in [2.45, 2.75) is 39.3 Å². The lowest BCUT2D eigenvalue weighted by atomic mass is 10.1. The van der Waals surface area contributed by atoms with Crippen molar-refractivity contribution in [3.05, 3.63) is 41.2 Å². The van der Waals surface area contributed by atoms with E-state index in [-0.39, 0.29) is 5.91 Å². The van der Waals surface area contributed by atoms with Crippen molar-refractivity contribution in [2.24, 2.45) is 0 Å². The number of nitrogens with one attached hydrogen (secondary N) is 2. The average molecular weight is 343 g/mol. The van der Waals surface area contributed by atoms with Gasteiger partial charge in [-0.2, -0.15) is 0 Å². The number of piperidine rings is 1. The van der Waals surface area contributed by atoms with Crippen LogP contribution in [0.15, 0.2) is 24.3 Å². The maximum atomic E-state index is 12.5. The predicted octanol–water partition coefficient (Wildman–Crippen LogP) is 1.84. The fraction of sp³-hybridized carbons (Fsp3) is 0.500. The second kappa shape index (κ2) is 8.11. The molecule has 2 heterocycles. The SMILES string of the molecule is CCOc1ccccc1CNC(=O)c1nnn(C2CCNCC2)c1C. The molecule has 7 nitrogen and oxygen atoms in total. The number of para-hydroxylation sites is 1. The maximum absolute atomic E-state index is 12.5. The minimum absolute atomic E-state index is 0.205. The standard InChI is InChI=1S/C18H25N5O2/c1-3-25-16-7-5-4-6-14(16)12-20-18(24)17-13(2)23(22-21-17)15-8-10-19-11-9-15/h4-7,15,19H,3,8-12H2,1-2H3,(H,20,24). The van der Waals surface area contributed by atoms with Gasteiger partial charge in [0, 0.05) is 12.1 Å². The van der Waals surface area contributed by atoms with E-state index >= 15 is 0 Å². The second-order valence-corrected chi connectivity index (χ2v) is 6.17. The first-order valence-electron chi connectivity index (χ1n) is 8.82. The molecule has 2 aromatic rings. The molecule has 1 saturated heterocycles. The van der Waals surface area contributed by atoms with Crippen molar-refractivity contribution in [3.63, 3.8) is 0 Å². The average Bonchev–Trinajstić information content (AvgIpc) is 3.03. The van der Waals surface area contributed by atoms with Gasteiger partial charge >= 0.3 is 0 Å². The number of carbonyl (C=O) groups excluding carboxylic acids is 1. The Morgan fingerprint density at radius 3 is 2.88 bits per heavy atom. The lowest BCUT2D eigenvalue weighted by molar-refractivity contribution is 0.0945.